The molecule has 0 aliphatic carbocycles. The third kappa shape index (κ3) is 4.02. The zero-order chi connectivity index (χ0) is 13.5. The number of rotatable bonds is 7. The number of hydrogen-bond acceptors (Lipinski definition) is 5. The molecule has 0 unspecified atom stereocenters. The lowest BCUT2D eigenvalue weighted by Crippen LogP contribution is -2.19. The van der Waals surface area contributed by atoms with Gasteiger partial charge in [-0.05, 0) is 23.4 Å². The normalized spacial score (nSPS) is 10.8. The molecule has 102 valence electrons. The van der Waals surface area contributed by atoms with Gasteiger partial charge in [0.05, 0.1) is 11.5 Å². The molecule has 2 aromatic rings. The molecule has 0 aliphatic rings. The Morgan fingerprint density at radius 2 is 2.37 bits per heavy atom. The molecule has 19 heavy (non-hydrogen) atoms. The maximum atomic E-state index is 13.9. The maximum Gasteiger partial charge on any atom is 0.188 e. The molecule has 5 nitrogen and oxygen atoms in total. The lowest BCUT2D eigenvalue weighted by molar-refractivity contribution is 0.199. The van der Waals surface area contributed by atoms with Crippen LogP contribution in [0, 0.1) is 5.82 Å². The molecule has 1 aromatic carbocycles. The number of H-pyrrole nitrogens is 1. The average Bonchev–Trinajstić information content (AvgIpc) is 2.91. The lowest BCUT2D eigenvalue weighted by Gasteiger charge is -2.10. The molecule has 0 radical (unpaired) electrons. The van der Waals surface area contributed by atoms with E-state index in [1.54, 1.807) is 13.2 Å². The summed E-state index contributed by atoms with van der Waals surface area (Å²) in [4.78, 5) is 4.55. The summed E-state index contributed by atoms with van der Waals surface area (Å²) >= 11 is 1.24. The molecular formula is C12H15FN4OS. The monoisotopic (exact) mass is 282 g/mol. The van der Waals surface area contributed by atoms with E-state index in [-0.39, 0.29) is 5.82 Å². The van der Waals surface area contributed by atoms with E-state index in [0.29, 0.717) is 23.2 Å². The Balaban J connectivity index is 2.07. The van der Waals surface area contributed by atoms with Crippen LogP contribution in [0.2, 0.25) is 0 Å². The van der Waals surface area contributed by atoms with Gasteiger partial charge < -0.3 is 10.1 Å². The Labute approximate surface area is 115 Å². The van der Waals surface area contributed by atoms with Crippen LogP contribution < -0.4 is 5.32 Å². The quantitative estimate of drug-likeness (QED) is 0.759. The fraction of sp³-hybridized carbons (Fsp3) is 0.333. The zero-order valence-electron chi connectivity index (χ0n) is 10.5. The molecule has 7 heteroatoms. The summed E-state index contributed by atoms with van der Waals surface area (Å²) in [5.74, 6) is -0.257. The van der Waals surface area contributed by atoms with E-state index < -0.39 is 0 Å². The first-order valence-corrected chi connectivity index (χ1v) is 6.63. The molecule has 0 atom stereocenters. The van der Waals surface area contributed by atoms with Crippen molar-refractivity contribution in [2.24, 2.45) is 0 Å². The fourth-order valence-corrected chi connectivity index (χ4v) is 2.37. The van der Waals surface area contributed by atoms with Crippen molar-refractivity contribution in [2.45, 2.75) is 16.6 Å². The van der Waals surface area contributed by atoms with Gasteiger partial charge in [-0.25, -0.2) is 9.37 Å². The van der Waals surface area contributed by atoms with Crippen molar-refractivity contribution in [1.29, 1.82) is 0 Å². The van der Waals surface area contributed by atoms with Crippen LogP contribution in [0.5, 0.6) is 0 Å². The minimum atomic E-state index is -0.257. The van der Waals surface area contributed by atoms with E-state index in [4.69, 9.17) is 4.74 Å². The van der Waals surface area contributed by atoms with Gasteiger partial charge >= 0.3 is 0 Å². The van der Waals surface area contributed by atoms with Gasteiger partial charge in [0.15, 0.2) is 5.16 Å². The van der Waals surface area contributed by atoms with Gasteiger partial charge in [-0.3, -0.25) is 5.10 Å². The first-order chi connectivity index (χ1) is 9.31. The van der Waals surface area contributed by atoms with Crippen LogP contribution in [-0.2, 0) is 11.3 Å². The summed E-state index contributed by atoms with van der Waals surface area (Å²) < 4.78 is 18.8. The van der Waals surface area contributed by atoms with Crippen LogP contribution in [-0.4, -0.2) is 35.4 Å². The van der Waals surface area contributed by atoms with Gasteiger partial charge in [-0.15, -0.1) is 0 Å². The number of nitrogens with one attached hydrogen (secondary N) is 2. The highest BCUT2D eigenvalue weighted by molar-refractivity contribution is 7.99. The molecule has 0 fully saturated rings. The second-order valence-corrected chi connectivity index (χ2v) is 4.79. The van der Waals surface area contributed by atoms with Gasteiger partial charge in [0, 0.05) is 20.2 Å². The lowest BCUT2D eigenvalue weighted by atomic mass is 10.2. The molecule has 2 N–H and O–H groups in total. The predicted molar refractivity (Wildman–Crippen MR) is 70.5 cm³/mol. The SMILES string of the molecule is COCCNCc1cccc(F)c1Sc1ncn[nH]1. The smallest absolute Gasteiger partial charge is 0.188 e. The molecule has 1 heterocycles. The second kappa shape index (κ2) is 7.22. The number of benzene rings is 1. The molecule has 0 amide bonds. The first-order valence-electron chi connectivity index (χ1n) is 5.81. The summed E-state index contributed by atoms with van der Waals surface area (Å²) in [6, 6.07) is 5.03. The van der Waals surface area contributed by atoms with E-state index in [2.05, 4.69) is 20.5 Å². The Morgan fingerprint density at radius 3 is 3.11 bits per heavy atom. The molecule has 1 aromatic heterocycles. The highest BCUT2D eigenvalue weighted by atomic mass is 32.2. The molecular weight excluding hydrogens is 267 g/mol. The average molecular weight is 282 g/mol. The molecule has 0 saturated heterocycles. The molecule has 2 rings (SSSR count). The van der Waals surface area contributed by atoms with Crippen LogP contribution in [0.4, 0.5) is 4.39 Å². The van der Waals surface area contributed by atoms with E-state index in [1.165, 1.54) is 24.2 Å². The van der Waals surface area contributed by atoms with Crippen LogP contribution in [0.15, 0.2) is 34.6 Å². The highest BCUT2D eigenvalue weighted by Crippen LogP contribution is 2.30. The van der Waals surface area contributed by atoms with Gasteiger partial charge in [-0.1, -0.05) is 12.1 Å². The van der Waals surface area contributed by atoms with Crippen molar-refractivity contribution in [1.82, 2.24) is 20.5 Å². The van der Waals surface area contributed by atoms with Gasteiger partial charge in [0.2, 0.25) is 0 Å². The number of methoxy groups -OCH3 is 1. The van der Waals surface area contributed by atoms with E-state index in [1.807, 2.05) is 6.07 Å². The van der Waals surface area contributed by atoms with Crippen molar-refractivity contribution in [3.8, 4) is 0 Å². The Bertz CT molecular complexity index is 506. The van der Waals surface area contributed by atoms with E-state index >= 15 is 0 Å². The van der Waals surface area contributed by atoms with Crippen LogP contribution >= 0.6 is 11.8 Å². The van der Waals surface area contributed by atoms with Crippen molar-refractivity contribution in [2.75, 3.05) is 20.3 Å². The van der Waals surface area contributed by atoms with Crippen molar-refractivity contribution in [3.63, 3.8) is 0 Å². The van der Waals surface area contributed by atoms with Gasteiger partial charge in [0.1, 0.15) is 12.1 Å². The summed E-state index contributed by atoms with van der Waals surface area (Å²) in [6.45, 7) is 1.93. The largest absolute Gasteiger partial charge is 0.383 e. The number of nitrogens with zero attached hydrogens (tertiary/aromatic N) is 2. The number of halogens is 1. The maximum absolute atomic E-state index is 13.9. The van der Waals surface area contributed by atoms with Crippen molar-refractivity contribution in [3.05, 3.63) is 35.9 Å². The molecule has 0 aliphatic heterocycles. The standard InChI is InChI=1S/C12H15FN4OS/c1-18-6-5-14-7-9-3-2-4-10(13)11(9)19-12-15-8-16-17-12/h2-4,8,14H,5-7H2,1H3,(H,15,16,17). The third-order valence-electron chi connectivity index (χ3n) is 2.44. The minimum Gasteiger partial charge on any atom is -0.383 e. The van der Waals surface area contributed by atoms with Crippen molar-refractivity contribution >= 4 is 11.8 Å². The van der Waals surface area contributed by atoms with E-state index in [9.17, 15) is 4.39 Å². The minimum absolute atomic E-state index is 0.257. The number of aromatic nitrogens is 3. The predicted octanol–water partition coefficient (Wildman–Crippen LogP) is 1.83. The highest BCUT2D eigenvalue weighted by Gasteiger charge is 2.11. The van der Waals surface area contributed by atoms with E-state index in [0.717, 1.165) is 12.1 Å². The summed E-state index contributed by atoms with van der Waals surface area (Å²) in [5.41, 5.74) is 0.887. The Kier molecular flexibility index (Phi) is 5.31. The third-order valence-corrected chi connectivity index (χ3v) is 3.49. The second-order valence-electron chi connectivity index (χ2n) is 3.79. The van der Waals surface area contributed by atoms with Crippen molar-refractivity contribution < 1.29 is 9.13 Å². The molecule has 0 spiro atoms. The summed E-state index contributed by atoms with van der Waals surface area (Å²) in [6.07, 6.45) is 1.40. The summed E-state index contributed by atoms with van der Waals surface area (Å²) in [5, 5.41) is 10.2. The molecule has 0 saturated carbocycles. The number of aromatic amines is 1. The van der Waals surface area contributed by atoms with Crippen LogP contribution in [0.25, 0.3) is 0 Å². The Hall–Kier alpha value is -1.44. The van der Waals surface area contributed by atoms with Crippen LogP contribution in [0.3, 0.4) is 0 Å². The number of hydrogen-bond donors (Lipinski definition) is 2. The Morgan fingerprint density at radius 1 is 1.47 bits per heavy atom. The van der Waals surface area contributed by atoms with Crippen LogP contribution in [0.1, 0.15) is 5.56 Å². The summed E-state index contributed by atoms with van der Waals surface area (Å²) in [7, 11) is 1.65. The zero-order valence-corrected chi connectivity index (χ0v) is 11.3. The van der Waals surface area contributed by atoms with Gasteiger partial charge in [0.25, 0.3) is 0 Å². The fourth-order valence-electron chi connectivity index (χ4n) is 1.54. The number of ether oxygens (including phenoxy) is 1. The van der Waals surface area contributed by atoms with Gasteiger partial charge in [-0.2, -0.15) is 5.10 Å². The first kappa shape index (κ1) is 14.0. The topological polar surface area (TPSA) is 62.8 Å². The molecule has 0 bridgehead atoms.